The molecule has 4 nitrogen and oxygen atoms in total. The molecule has 2 aromatic rings. The fourth-order valence-corrected chi connectivity index (χ4v) is 3.32. The first-order chi connectivity index (χ1) is 11.2. The number of halogens is 1. The molecule has 3 rings (SSSR count). The zero-order valence-corrected chi connectivity index (χ0v) is 14.4. The van der Waals surface area contributed by atoms with Crippen molar-refractivity contribution in [2.24, 2.45) is 5.10 Å². The van der Waals surface area contributed by atoms with E-state index in [9.17, 15) is 4.79 Å². The summed E-state index contributed by atoms with van der Waals surface area (Å²) in [5.74, 6) is 0.423. The van der Waals surface area contributed by atoms with Crippen molar-refractivity contribution in [3.8, 4) is 5.75 Å². The lowest BCUT2D eigenvalue weighted by atomic mass is 9.99. The SMILES string of the molecule is O=C(COc1ccc2ccccc2c1Br)NN=C1CCCCC1. The Morgan fingerprint density at radius 3 is 2.74 bits per heavy atom. The van der Waals surface area contributed by atoms with Gasteiger partial charge in [0.25, 0.3) is 5.91 Å². The number of hydrogen-bond donors (Lipinski definition) is 1. The van der Waals surface area contributed by atoms with Crippen LogP contribution < -0.4 is 10.2 Å². The predicted molar refractivity (Wildman–Crippen MR) is 95.8 cm³/mol. The van der Waals surface area contributed by atoms with E-state index in [1.54, 1.807) is 0 Å². The monoisotopic (exact) mass is 374 g/mol. The Morgan fingerprint density at radius 2 is 1.91 bits per heavy atom. The lowest BCUT2D eigenvalue weighted by molar-refractivity contribution is -0.123. The molecule has 0 bridgehead atoms. The number of amides is 1. The normalized spacial score (nSPS) is 14.6. The molecule has 0 atom stereocenters. The molecule has 0 aliphatic heterocycles. The molecule has 2 aromatic carbocycles. The van der Waals surface area contributed by atoms with Crippen LogP contribution in [0.3, 0.4) is 0 Å². The molecule has 1 fully saturated rings. The Kier molecular flexibility index (Phi) is 5.28. The number of ether oxygens (including phenoxy) is 1. The summed E-state index contributed by atoms with van der Waals surface area (Å²) in [4.78, 5) is 11.9. The van der Waals surface area contributed by atoms with Crippen LogP contribution in [0, 0.1) is 0 Å². The van der Waals surface area contributed by atoms with Crippen molar-refractivity contribution in [1.82, 2.24) is 5.43 Å². The van der Waals surface area contributed by atoms with Crippen LogP contribution in [0.1, 0.15) is 32.1 Å². The highest BCUT2D eigenvalue weighted by molar-refractivity contribution is 9.10. The molecule has 120 valence electrons. The Balaban J connectivity index is 1.59. The summed E-state index contributed by atoms with van der Waals surface area (Å²) >= 11 is 3.55. The molecule has 0 aromatic heterocycles. The van der Waals surface area contributed by atoms with Crippen LogP contribution in [0.4, 0.5) is 0 Å². The number of fused-ring (bicyclic) bond motifs is 1. The van der Waals surface area contributed by atoms with Crippen LogP contribution in [0.2, 0.25) is 0 Å². The van der Waals surface area contributed by atoms with E-state index in [-0.39, 0.29) is 12.5 Å². The fraction of sp³-hybridized carbons (Fsp3) is 0.333. The van der Waals surface area contributed by atoms with Crippen LogP contribution >= 0.6 is 15.9 Å². The topological polar surface area (TPSA) is 50.7 Å². The molecule has 1 aliphatic rings. The van der Waals surface area contributed by atoms with Crippen LogP contribution in [0.15, 0.2) is 46.0 Å². The first-order valence-corrected chi connectivity index (χ1v) is 8.67. The molecule has 0 radical (unpaired) electrons. The van der Waals surface area contributed by atoms with E-state index >= 15 is 0 Å². The van der Waals surface area contributed by atoms with Gasteiger partial charge >= 0.3 is 0 Å². The van der Waals surface area contributed by atoms with Crippen molar-refractivity contribution in [3.63, 3.8) is 0 Å². The zero-order valence-electron chi connectivity index (χ0n) is 12.8. The van der Waals surface area contributed by atoms with Crippen LogP contribution in [-0.4, -0.2) is 18.2 Å². The summed E-state index contributed by atoms with van der Waals surface area (Å²) in [6.45, 7) is -0.0479. The van der Waals surface area contributed by atoms with Crippen molar-refractivity contribution in [2.75, 3.05) is 6.61 Å². The highest BCUT2D eigenvalue weighted by Gasteiger charge is 2.10. The highest BCUT2D eigenvalue weighted by Crippen LogP contribution is 2.32. The molecule has 23 heavy (non-hydrogen) atoms. The van der Waals surface area contributed by atoms with Crippen molar-refractivity contribution >= 4 is 38.3 Å². The second-order valence-corrected chi connectivity index (χ2v) is 6.45. The summed E-state index contributed by atoms with van der Waals surface area (Å²) in [6, 6.07) is 11.9. The molecule has 1 N–H and O–H groups in total. The van der Waals surface area contributed by atoms with E-state index in [1.807, 2.05) is 36.4 Å². The van der Waals surface area contributed by atoms with Gasteiger partial charge < -0.3 is 4.74 Å². The van der Waals surface area contributed by atoms with Gasteiger partial charge in [0.05, 0.1) is 4.47 Å². The van der Waals surface area contributed by atoms with Gasteiger partial charge in [-0.25, -0.2) is 5.43 Å². The van der Waals surface area contributed by atoms with E-state index < -0.39 is 0 Å². The maximum absolute atomic E-state index is 11.9. The number of carbonyl (C=O) groups is 1. The number of benzene rings is 2. The van der Waals surface area contributed by atoms with E-state index in [0.29, 0.717) is 5.75 Å². The number of carbonyl (C=O) groups excluding carboxylic acids is 1. The van der Waals surface area contributed by atoms with Gasteiger partial charge in [-0.1, -0.05) is 36.8 Å². The van der Waals surface area contributed by atoms with E-state index in [2.05, 4.69) is 26.5 Å². The Hall–Kier alpha value is -1.88. The minimum atomic E-state index is -0.233. The van der Waals surface area contributed by atoms with Gasteiger partial charge in [0.15, 0.2) is 6.61 Å². The third-order valence-corrected chi connectivity index (χ3v) is 4.77. The average Bonchev–Trinajstić information content (AvgIpc) is 2.60. The fourth-order valence-electron chi connectivity index (χ4n) is 2.71. The smallest absolute Gasteiger partial charge is 0.277 e. The van der Waals surface area contributed by atoms with Gasteiger partial charge in [0.1, 0.15) is 5.75 Å². The minimum Gasteiger partial charge on any atom is -0.483 e. The maximum atomic E-state index is 11.9. The molecular formula is C18H19BrN2O2. The Bertz CT molecular complexity index is 735. The van der Waals surface area contributed by atoms with Gasteiger partial charge in [-0.3, -0.25) is 4.79 Å². The van der Waals surface area contributed by atoms with Gasteiger partial charge in [-0.05, 0) is 58.5 Å². The summed E-state index contributed by atoms with van der Waals surface area (Å²) in [7, 11) is 0. The van der Waals surface area contributed by atoms with Gasteiger partial charge in [-0.15, -0.1) is 0 Å². The summed E-state index contributed by atoms with van der Waals surface area (Å²) in [6.07, 6.45) is 5.55. The number of rotatable bonds is 4. The molecule has 5 heteroatoms. The van der Waals surface area contributed by atoms with E-state index in [4.69, 9.17) is 4.74 Å². The molecule has 0 spiro atoms. The zero-order chi connectivity index (χ0) is 16.1. The van der Waals surface area contributed by atoms with Crippen molar-refractivity contribution in [2.45, 2.75) is 32.1 Å². The van der Waals surface area contributed by atoms with Crippen LogP contribution in [0.25, 0.3) is 10.8 Å². The number of nitrogens with one attached hydrogen (secondary N) is 1. The molecule has 1 aliphatic carbocycles. The molecule has 1 amide bonds. The standard InChI is InChI=1S/C18H19BrN2O2/c19-18-15-9-5-4-6-13(15)10-11-16(18)23-12-17(22)21-20-14-7-2-1-3-8-14/h4-6,9-11H,1-3,7-8,12H2,(H,21,22). The van der Waals surface area contributed by atoms with E-state index in [1.165, 1.54) is 6.42 Å². The summed E-state index contributed by atoms with van der Waals surface area (Å²) in [5, 5.41) is 6.38. The van der Waals surface area contributed by atoms with Gasteiger partial charge in [-0.2, -0.15) is 5.10 Å². The van der Waals surface area contributed by atoms with E-state index in [0.717, 1.165) is 46.6 Å². The Labute approximate surface area is 144 Å². The molecule has 1 saturated carbocycles. The maximum Gasteiger partial charge on any atom is 0.277 e. The molecule has 0 unspecified atom stereocenters. The first-order valence-electron chi connectivity index (χ1n) is 7.88. The molecule has 0 saturated heterocycles. The average molecular weight is 375 g/mol. The lowest BCUT2D eigenvalue weighted by Crippen LogP contribution is -2.26. The third kappa shape index (κ3) is 4.10. The number of hydrogen-bond acceptors (Lipinski definition) is 3. The lowest BCUT2D eigenvalue weighted by Gasteiger charge is -2.12. The minimum absolute atomic E-state index is 0.0479. The highest BCUT2D eigenvalue weighted by atomic mass is 79.9. The molecule has 0 heterocycles. The summed E-state index contributed by atoms with van der Waals surface area (Å²) < 4.78 is 6.48. The van der Waals surface area contributed by atoms with Crippen molar-refractivity contribution in [1.29, 1.82) is 0 Å². The van der Waals surface area contributed by atoms with Gasteiger partial charge in [0.2, 0.25) is 0 Å². The predicted octanol–water partition coefficient (Wildman–Crippen LogP) is 4.42. The number of nitrogens with zero attached hydrogens (tertiary/aromatic N) is 1. The second kappa shape index (κ2) is 7.59. The Morgan fingerprint density at radius 1 is 1.13 bits per heavy atom. The molecular weight excluding hydrogens is 356 g/mol. The second-order valence-electron chi connectivity index (χ2n) is 5.66. The van der Waals surface area contributed by atoms with Crippen LogP contribution in [-0.2, 0) is 4.79 Å². The largest absolute Gasteiger partial charge is 0.483 e. The third-order valence-electron chi connectivity index (χ3n) is 3.96. The first kappa shape index (κ1) is 16.0. The van der Waals surface area contributed by atoms with Crippen molar-refractivity contribution < 1.29 is 9.53 Å². The van der Waals surface area contributed by atoms with Gasteiger partial charge in [0, 0.05) is 5.71 Å². The van der Waals surface area contributed by atoms with Crippen molar-refractivity contribution in [3.05, 3.63) is 40.9 Å². The quantitative estimate of drug-likeness (QED) is 0.805. The van der Waals surface area contributed by atoms with Crippen LogP contribution in [0.5, 0.6) is 5.75 Å². The summed E-state index contributed by atoms with van der Waals surface area (Å²) in [5.41, 5.74) is 3.67. The number of hydrazone groups is 1.